The number of nitrogens with one attached hydrogen (secondary N) is 1. The molecule has 0 radical (unpaired) electrons. The number of aromatic nitrogens is 2. The number of carbonyl (C=O) groups is 2. The van der Waals surface area contributed by atoms with Crippen LogP contribution in [-0.4, -0.2) is 44.5 Å². The molecule has 3 fully saturated rings. The van der Waals surface area contributed by atoms with E-state index in [1.807, 2.05) is 32.2 Å². The zero-order valence-corrected chi connectivity index (χ0v) is 16.3. The molecule has 2 aromatic rings. The van der Waals surface area contributed by atoms with Crippen molar-refractivity contribution in [2.75, 3.05) is 13.1 Å². The molecule has 1 saturated heterocycles. The fraction of sp³-hybridized carbons (Fsp3) is 0.571. The number of carbonyl (C=O) groups excluding carboxylic acids is 1. The standard InChI is InChI=1S/C21H26N4O3/c1-21(2,19-22-17(12-6-7-12)15-5-3-4-8-25(15)19)23-18(26)16-13-9-14(16)11-24(10-13)20(27)28/h3-5,8,12-14,16H,6-7,9-11H2,1-2H3,(H,23,26)(H,27,28)/t13-,14+,16?. The highest BCUT2D eigenvalue weighted by Crippen LogP contribution is 2.46. The summed E-state index contributed by atoms with van der Waals surface area (Å²) in [5.41, 5.74) is 1.65. The number of amides is 2. The molecule has 2 N–H and O–H groups in total. The molecule has 2 saturated carbocycles. The SMILES string of the molecule is CC(C)(NC(=O)C1[C@@H]2C[C@H]1CN(C(=O)O)C2)c1nc(C2CC2)c2ccccn12. The first-order valence-electron chi connectivity index (χ1n) is 10.1. The van der Waals surface area contributed by atoms with Gasteiger partial charge in [0, 0.05) is 31.1 Å². The maximum Gasteiger partial charge on any atom is 0.407 e. The van der Waals surface area contributed by atoms with Crippen LogP contribution < -0.4 is 5.32 Å². The van der Waals surface area contributed by atoms with Crippen molar-refractivity contribution in [2.24, 2.45) is 17.8 Å². The second kappa shape index (κ2) is 5.96. The number of fused-ring (bicyclic) bond motifs is 3. The van der Waals surface area contributed by atoms with Gasteiger partial charge in [0.25, 0.3) is 0 Å². The summed E-state index contributed by atoms with van der Waals surface area (Å²) in [6.45, 7) is 4.92. The molecule has 3 atom stereocenters. The Kier molecular flexibility index (Phi) is 3.73. The molecule has 2 aromatic heterocycles. The highest BCUT2D eigenvalue weighted by atomic mass is 16.4. The summed E-state index contributed by atoms with van der Waals surface area (Å²) in [5.74, 6) is 1.58. The van der Waals surface area contributed by atoms with Crippen molar-refractivity contribution < 1.29 is 14.7 Å². The van der Waals surface area contributed by atoms with Crippen LogP contribution in [0.2, 0.25) is 0 Å². The summed E-state index contributed by atoms with van der Waals surface area (Å²) >= 11 is 0. The van der Waals surface area contributed by atoms with Crippen LogP contribution >= 0.6 is 0 Å². The van der Waals surface area contributed by atoms with E-state index in [2.05, 4.69) is 15.8 Å². The molecule has 2 amide bonds. The summed E-state index contributed by atoms with van der Waals surface area (Å²) in [5, 5.41) is 12.4. The minimum atomic E-state index is -0.884. The lowest BCUT2D eigenvalue weighted by Gasteiger charge is -2.52. The van der Waals surface area contributed by atoms with E-state index in [4.69, 9.17) is 4.98 Å². The zero-order chi connectivity index (χ0) is 19.6. The molecule has 1 unspecified atom stereocenters. The van der Waals surface area contributed by atoms with Gasteiger partial charge in [-0.2, -0.15) is 0 Å². The van der Waals surface area contributed by atoms with Crippen LogP contribution in [0, 0.1) is 17.8 Å². The molecule has 3 heterocycles. The second-order valence-electron chi connectivity index (χ2n) is 9.13. The van der Waals surface area contributed by atoms with Crippen LogP contribution in [0.4, 0.5) is 4.79 Å². The molecule has 28 heavy (non-hydrogen) atoms. The third-order valence-electron chi connectivity index (χ3n) is 6.64. The first-order chi connectivity index (χ1) is 13.3. The van der Waals surface area contributed by atoms with Crippen LogP contribution in [-0.2, 0) is 10.3 Å². The van der Waals surface area contributed by atoms with E-state index in [1.54, 1.807) is 0 Å². The van der Waals surface area contributed by atoms with Crippen molar-refractivity contribution in [3.8, 4) is 0 Å². The Morgan fingerprint density at radius 3 is 2.57 bits per heavy atom. The first kappa shape index (κ1) is 17.5. The average molecular weight is 382 g/mol. The number of pyridine rings is 1. The van der Waals surface area contributed by atoms with Gasteiger partial charge in [0.05, 0.1) is 16.7 Å². The number of imidazole rings is 1. The predicted molar refractivity (Wildman–Crippen MR) is 103 cm³/mol. The highest BCUT2D eigenvalue weighted by Gasteiger charge is 2.52. The summed E-state index contributed by atoms with van der Waals surface area (Å²) in [6.07, 6.45) is 4.43. The van der Waals surface area contributed by atoms with Crippen molar-refractivity contribution >= 4 is 17.5 Å². The van der Waals surface area contributed by atoms with E-state index >= 15 is 0 Å². The molecule has 2 bridgehead atoms. The second-order valence-corrected chi connectivity index (χ2v) is 9.13. The Morgan fingerprint density at radius 1 is 1.21 bits per heavy atom. The van der Waals surface area contributed by atoms with Crippen molar-refractivity contribution in [3.63, 3.8) is 0 Å². The minimum absolute atomic E-state index is 0.0249. The highest BCUT2D eigenvalue weighted by molar-refractivity contribution is 5.82. The molecule has 7 heteroatoms. The van der Waals surface area contributed by atoms with E-state index in [1.165, 1.54) is 17.7 Å². The lowest BCUT2D eigenvalue weighted by molar-refractivity contribution is -0.142. The number of piperidine rings is 2. The molecule has 3 aliphatic rings. The normalized spacial score (nSPS) is 26.8. The van der Waals surface area contributed by atoms with Crippen LogP contribution in [0.25, 0.3) is 5.52 Å². The molecule has 148 valence electrons. The summed E-state index contributed by atoms with van der Waals surface area (Å²) in [7, 11) is 0. The smallest absolute Gasteiger partial charge is 0.407 e. The molecule has 1 aliphatic heterocycles. The Morgan fingerprint density at radius 2 is 1.93 bits per heavy atom. The lowest BCUT2D eigenvalue weighted by atomic mass is 9.61. The number of rotatable bonds is 4. The summed E-state index contributed by atoms with van der Waals surface area (Å²) in [6, 6.07) is 6.12. The van der Waals surface area contributed by atoms with Gasteiger partial charge in [-0.15, -0.1) is 0 Å². The zero-order valence-electron chi connectivity index (χ0n) is 16.3. The largest absolute Gasteiger partial charge is 0.465 e. The van der Waals surface area contributed by atoms with Crippen LogP contribution in [0.5, 0.6) is 0 Å². The molecule has 5 rings (SSSR count). The summed E-state index contributed by atoms with van der Waals surface area (Å²) < 4.78 is 2.10. The lowest BCUT2D eigenvalue weighted by Crippen LogP contribution is -2.62. The van der Waals surface area contributed by atoms with Gasteiger partial charge in [-0.05, 0) is 57.1 Å². The van der Waals surface area contributed by atoms with Crippen LogP contribution in [0.3, 0.4) is 0 Å². The fourth-order valence-electron chi connectivity index (χ4n) is 5.08. The van der Waals surface area contributed by atoms with E-state index in [0.29, 0.717) is 19.0 Å². The fourth-order valence-corrected chi connectivity index (χ4v) is 5.08. The molecule has 0 spiro atoms. The average Bonchev–Trinajstić information content (AvgIpc) is 3.40. The molecule has 2 aliphatic carbocycles. The molecular weight excluding hydrogens is 356 g/mol. The van der Waals surface area contributed by atoms with Crippen LogP contribution in [0.1, 0.15) is 50.5 Å². The van der Waals surface area contributed by atoms with Crippen molar-refractivity contribution in [3.05, 3.63) is 35.9 Å². The number of carboxylic acid groups (broad SMARTS) is 1. The van der Waals surface area contributed by atoms with Gasteiger partial charge >= 0.3 is 6.09 Å². The quantitative estimate of drug-likeness (QED) is 0.851. The Hall–Kier alpha value is -2.57. The van der Waals surface area contributed by atoms with E-state index in [-0.39, 0.29) is 23.7 Å². The Labute approximate surface area is 163 Å². The minimum Gasteiger partial charge on any atom is -0.465 e. The molecule has 7 nitrogen and oxygen atoms in total. The maximum atomic E-state index is 13.1. The van der Waals surface area contributed by atoms with Crippen molar-refractivity contribution in [1.29, 1.82) is 0 Å². The van der Waals surface area contributed by atoms with Gasteiger partial charge in [-0.3, -0.25) is 4.79 Å². The van der Waals surface area contributed by atoms with Gasteiger partial charge in [0.15, 0.2) is 0 Å². The monoisotopic (exact) mass is 382 g/mol. The first-order valence-corrected chi connectivity index (χ1v) is 10.1. The van der Waals surface area contributed by atoms with Crippen molar-refractivity contribution in [2.45, 2.75) is 44.6 Å². The topological polar surface area (TPSA) is 86.9 Å². The van der Waals surface area contributed by atoms with Gasteiger partial charge in [-0.25, -0.2) is 9.78 Å². The number of hydrogen-bond acceptors (Lipinski definition) is 3. The predicted octanol–water partition coefficient (Wildman–Crippen LogP) is 2.81. The third-order valence-corrected chi connectivity index (χ3v) is 6.64. The molecule has 0 aromatic carbocycles. The van der Waals surface area contributed by atoms with Gasteiger partial charge < -0.3 is 19.7 Å². The number of hydrogen-bond donors (Lipinski definition) is 2. The van der Waals surface area contributed by atoms with Gasteiger partial charge in [0.1, 0.15) is 5.82 Å². The number of nitrogens with zero attached hydrogens (tertiary/aromatic N) is 3. The van der Waals surface area contributed by atoms with Crippen LogP contribution in [0.15, 0.2) is 24.4 Å². The van der Waals surface area contributed by atoms with E-state index in [0.717, 1.165) is 23.5 Å². The Balaban J connectivity index is 1.38. The third kappa shape index (κ3) is 2.67. The maximum absolute atomic E-state index is 13.1. The molecular formula is C21H26N4O3. The number of likely N-dealkylation sites (tertiary alicyclic amines) is 1. The Bertz CT molecular complexity index is 950. The summed E-state index contributed by atoms with van der Waals surface area (Å²) in [4.78, 5) is 30.7. The van der Waals surface area contributed by atoms with E-state index < -0.39 is 11.6 Å². The van der Waals surface area contributed by atoms with Crippen molar-refractivity contribution in [1.82, 2.24) is 19.6 Å². The van der Waals surface area contributed by atoms with Gasteiger partial charge in [0.2, 0.25) is 5.91 Å². The van der Waals surface area contributed by atoms with Gasteiger partial charge in [-0.1, -0.05) is 6.07 Å². The van der Waals surface area contributed by atoms with E-state index in [9.17, 15) is 14.7 Å².